The number of benzene rings is 1. The Balaban J connectivity index is 1.87. The van der Waals surface area contributed by atoms with Crippen molar-refractivity contribution in [1.82, 2.24) is 9.29 Å². The van der Waals surface area contributed by atoms with E-state index in [1.54, 1.807) is 30.6 Å². The predicted octanol–water partition coefficient (Wildman–Crippen LogP) is 1.46. The summed E-state index contributed by atoms with van der Waals surface area (Å²) < 4.78 is 32.3. The van der Waals surface area contributed by atoms with Gasteiger partial charge in [-0.25, -0.2) is 8.42 Å². The second-order valence-corrected chi connectivity index (χ2v) is 7.67. The number of rotatable bonds is 5. The molecule has 1 N–H and O–H groups in total. The molecule has 7 heteroatoms. The molecule has 3 rings (SSSR count). The van der Waals surface area contributed by atoms with Gasteiger partial charge in [-0.05, 0) is 48.7 Å². The number of aromatic nitrogens is 1. The van der Waals surface area contributed by atoms with Crippen molar-refractivity contribution in [1.29, 1.82) is 0 Å². The van der Waals surface area contributed by atoms with E-state index in [9.17, 15) is 13.5 Å². The SMILES string of the molecule is COc1ccc(S(=O)(=O)N2CC[C@@H](O)[C@H]2Cc2cccnc2)cc1. The van der Waals surface area contributed by atoms with Crippen molar-refractivity contribution in [3.63, 3.8) is 0 Å². The lowest BCUT2D eigenvalue weighted by molar-refractivity contribution is 0.142. The van der Waals surface area contributed by atoms with E-state index in [-0.39, 0.29) is 4.90 Å². The van der Waals surface area contributed by atoms with E-state index in [2.05, 4.69) is 4.98 Å². The van der Waals surface area contributed by atoms with E-state index in [0.29, 0.717) is 25.1 Å². The summed E-state index contributed by atoms with van der Waals surface area (Å²) in [6.07, 6.45) is 3.55. The maximum atomic E-state index is 12.9. The van der Waals surface area contributed by atoms with Crippen LogP contribution in [0.3, 0.4) is 0 Å². The lowest BCUT2D eigenvalue weighted by atomic mass is 10.0. The molecule has 0 unspecified atom stereocenters. The third-order valence-electron chi connectivity index (χ3n) is 4.29. The number of pyridine rings is 1. The van der Waals surface area contributed by atoms with Gasteiger partial charge in [0.05, 0.1) is 24.2 Å². The first kappa shape index (κ1) is 16.9. The first-order valence-electron chi connectivity index (χ1n) is 7.75. The minimum absolute atomic E-state index is 0.202. The Morgan fingerprint density at radius 3 is 2.67 bits per heavy atom. The third-order valence-corrected chi connectivity index (χ3v) is 6.23. The van der Waals surface area contributed by atoms with E-state index in [1.165, 1.54) is 23.5 Å². The Kier molecular flexibility index (Phi) is 4.84. The zero-order chi connectivity index (χ0) is 17.2. The lowest BCUT2D eigenvalue weighted by Gasteiger charge is -2.25. The summed E-state index contributed by atoms with van der Waals surface area (Å²) >= 11 is 0. The number of ether oxygens (including phenoxy) is 1. The fourth-order valence-electron chi connectivity index (χ4n) is 2.99. The molecule has 0 spiro atoms. The van der Waals surface area contributed by atoms with Gasteiger partial charge in [0.15, 0.2) is 0 Å². The van der Waals surface area contributed by atoms with E-state index in [0.717, 1.165) is 5.56 Å². The highest BCUT2D eigenvalue weighted by Gasteiger charge is 2.40. The Morgan fingerprint density at radius 1 is 1.29 bits per heavy atom. The minimum Gasteiger partial charge on any atom is -0.497 e. The molecule has 1 aromatic heterocycles. The summed E-state index contributed by atoms with van der Waals surface area (Å²) in [7, 11) is -2.14. The van der Waals surface area contributed by atoms with Crippen LogP contribution in [-0.4, -0.2) is 48.6 Å². The molecule has 0 aliphatic carbocycles. The molecule has 2 heterocycles. The van der Waals surface area contributed by atoms with E-state index >= 15 is 0 Å². The van der Waals surface area contributed by atoms with E-state index in [1.807, 2.05) is 6.07 Å². The van der Waals surface area contributed by atoms with Gasteiger partial charge in [0.25, 0.3) is 0 Å². The van der Waals surface area contributed by atoms with Crippen LogP contribution in [-0.2, 0) is 16.4 Å². The van der Waals surface area contributed by atoms with Gasteiger partial charge in [-0.2, -0.15) is 4.31 Å². The predicted molar refractivity (Wildman–Crippen MR) is 89.2 cm³/mol. The number of sulfonamides is 1. The van der Waals surface area contributed by atoms with Crippen LogP contribution in [0.5, 0.6) is 5.75 Å². The minimum atomic E-state index is -3.67. The van der Waals surface area contributed by atoms with Crippen LogP contribution in [0.15, 0.2) is 53.7 Å². The Hall–Kier alpha value is -1.96. The summed E-state index contributed by atoms with van der Waals surface area (Å²) in [6, 6.07) is 9.50. The second kappa shape index (κ2) is 6.88. The smallest absolute Gasteiger partial charge is 0.243 e. The van der Waals surface area contributed by atoms with Gasteiger partial charge in [-0.15, -0.1) is 0 Å². The summed E-state index contributed by atoms with van der Waals surface area (Å²) in [6.45, 7) is 0.306. The van der Waals surface area contributed by atoms with Gasteiger partial charge in [-0.3, -0.25) is 4.98 Å². The van der Waals surface area contributed by atoms with Crippen molar-refractivity contribution in [2.45, 2.75) is 29.9 Å². The molecule has 1 saturated heterocycles. The molecule has 2 aromatic rings. The largest absolute Gasteiger partial charge is 0.497 e. The van der Waals surface area contributed by atoms with Crippen LogP contribution in [0, 0.1) is 0 Å². The summed E-state index contributed by atoms with van der Waals surface area (Å²) in [5.74, 6) is 0.599. The van der Waals surface area contributed by atoms with Gasteiger partial charge >= 0.3 is 0 Å². The van der Waals surface area contributed by atoms with Gasteiger partial charge < -0.3 is 9.84 Å². The number of hydrogen-bond donors (Lipinski definition) is 1. The molecule has 0 radical (unpaired) electrons. The van der Waals surface area contributed by atoms with Gasteiger partial charge in [0.1, 0.15) is 5.75 Å². The molecule has 1 fully saturated rings. The first-order chi connectivity index (χ1) is 11.5. The van der Waals surface area contributed by atoms with Crippen LogP contribution in [0.2, 0.25) is 0 Å². The third kappa shape index (κ3) is 3.28. The average molecular weight is 348 g/mol. The molecule has 0 amide bonds. The van der Waals surface area contributed by atoms with Crippen LogP contribution in [0.1, 0.15) is 12.0 Å². The van der Waals surface area contributed by atoms with Crippen molar-refractivity contribution < 1.29 is 18.3 Å². The molecule has 1 aromatic carbocycles. The van der Waals surface area contributed by atoms with Crippen LogP contribution in [0.4, 0.5) is 0 Å². The topological polar surface area (TPSA) is 79.7 Å². The zero-order valence-corrected chi connectivity index (χ0v) is 14.2. The maximum Gasteiger partial charge on any atom is 0.243 e. The number of hydrogen-bond acceptors (Lipinski definition) is 5. The molecule has 2 atom stereocenters. The highest BCUT2D eigenvalue weighted by molar-refractivity contribution is 7.89. The lowest BCUT2D eigenvalue weighted by Crippen LogP contribution is -2.41. The monoisotopic (exact) mass is 348 g/mol. The van der Waals surface area contributed by atoms with Gasteiger partial charge in [0.2, 0.25) is 10.0 Å². The molecule has 128 valence electrons. The molecular weight excluding hydrogens is 328 g/mol. The fraction of sp³-hybridized carbons (Fsp3) is 0.353. The van der Waals surface area contributed by atoms with Crippen molar-refractivity contribution in [3.8, 4) is 5.75 Å². The fourth-order valence-corrected chi connectivity index (χ4v) is 4.66. The van der Waals surface area contributed by atoms with Crippen LogP contribution in [0.25, 0.3) is 0 Å². The van der Waals surface area contributed by atoms with E-state index < -0.39 is 22.2 Å². The highest BCUT2D eigenvalue weighted by atomic mass is 32.2. The molecule has 24 heavy (non-hydrogen) atoms. The molecule has 1 aliphatic rings. The van der Waals surface area contributed by atoms with E-state index in [4.69, 9.17) is 4.74 Å². The van der Waals surface area contributed by atoms with Crippen molar-refractivity contribution in [3.05, 3.63) is 54.4 Å². The Bertz CT molecular complexity index is 778. The van der Waals surface area contributed by atoms with Crippen LogP contribution >= 0.6 is 0 Å². The summed E-state index contributed by atoms with van der Waals surface area (Å²) in [5, 5.41) is 10.3. The number of methoxy groups -OCH3 is 1. The van der Waals surface area contributed by atoms with Crippen molar-refractivity contribution in [2.75, 3.05) is 13.7 Å². The maximum absolute atomic E-state index is 12.9. The van der Waals surface area contributed by atoms with Gasteiger partial charge in [0, 0.05) is 18.9 Å². The molecule has 0 bridgehead atoms. The average Bonchev–Trinajstić information content (AvgIpc) is 2.97. The summed E-state index contributed by atoms with van der Waals surface area (Å²) in [4.78, 5) is 4.26. The number of nitrogens with zero attached hydrogens (tertiary/aromatic N) is 2. The summed E-state index contributed by atoms with van der Waals surface area (Å²) in [5.41, 5.74) is 0.901. The Morgan fingerprint density at radius 2 is 2.04 bits per heavy atom. The number of aliphatic hydroxyl groups is 1. The molecule has 6 nitrogen and oxygen atoms in total. The standard InChI is InChI=1S/C17H20N2O4S/c1-23-14-4-6-15(7-5-14)24(21,22)19-10-8-17(20)16(19)11-13-3-2-9-18-12-13/h2-7,9,12,16-17,20H,8,10-11H2,1H3/t16-,17-/m1/s1. The highest BCUT2D eigenvalue weighted by Crippen LogP contribution is 2.29. The van der Waals surface area contributed by atoms with Crippen molar-refractivity contribution in [2.24, 2.45) is 0 Å². The second-order valence-electron chi connectivity index (χ2n) is 5.78. The van der Waals surface area contributed by atoms with Crippen molar-refractivity contribution >= 4 is 10.0 Å². The van der Waals surface area contributed by atoms with Gasteiger partial charge in [-0.1, -0.05) is 6.07 Å². The Labute approximate surface area is 141 Å². The molecular formula is C17H20N2O4S. The quantitative estimate of drug-likeness (QED) is 0.885. The molecule has 0 saturated carbocycles. The molecule has 1 aliphatic heterocycles. The zero-order valence-electron chi connectivity index (χ0n) is 13.4. The normalized spacial score (nSPS) is 21.8. The first-order valence-corrected chi connectivity index (χ1v) is 9.19. The number of aliphatic hydroxyl groups excluding tert-OH is 1. The van der Waals surface area contributed by atoms with Crippen LogP contribution < -0.4 is 4.74 Å².